The van der Waals surface area contributed by atoms with E-state index < -0.39 is 0 Å². The van der Waals surface area contributed by atoms with Gasteiger partial charge in [-0.2, -0.15) is 0 Å². The predicted octanol–water partition coefficient (Wildman–Crippen LogP) is 5.48. The first kappa shape index (κ1) is 14.7. The van der Waals surface area contributed by atoms with Gasteiger partial charge in [-0.25, -0.2) is 0 Å². The molecule has 100 valence electrons. The minimum atomic E-state index is 0.412. The molecule has 1 nitrogen and oxygen atoms in total. The van der Waals surface area contributed by atoms with E-state index in [0.717, 1.165) is 22.3 Å². The number of hydrogen-bond donors (Lipinski definition) is 0. The van der Waals surface area contributed by atoms with E-state index in [1.165, 1.54) is 5.56 Å². The summed E-state index contributed by atoms with van der Waals surface area (Å²) in [7, 11) is 2.04. The maximum Gasteiger partial charge on any atom is 0.0509 e. The molecule has 4 heteroatoms. The summed E-state index contributed by atoms with van der Waals surface area (Å²) in [5.41, 5.74) is 3.27. The second-order valence-corrected chi connectivity index (χ2v) is 5.85. The zero-order valence-corrected chi connectivity index (χ0v) is 13.6. The van der Waals surface area contributed by atoms with Crippen molar-refractivity contribution in [2.45, 2.75) is 12.4 Å². The number of rotatable bonds is 4. The molecule has 0 fully saturated rings. The number of nitrogens with zero attached hydrogens (tertiary/aromatic N) is 1. The molecule has 0 aliphatic heterocycles. The molecular formula is C15H14BrCl2N. The molecule has 0 atom stereocenters. The van der Waals surface area contributed by atoms with Gasteiger partial charge in [-0.3, -0.25) is 0 Å². The van der Waals surface area contributed by atoms with Crippen LogP contribution in [0.2, 0.25) is 5.02 Å². The molecule has 2 aromatic carbocycles. The number of hydrogen-bond acceptors (Lipinski definition) is 1. The van der Waals surface area contributed by atoms with Crippen molar-refractivity contribution < 1.29 is 0 Å². The molecule has 0 aromatic heterocycles. The molecule has 0 spiro atoms. The normalized spacial score (nSPS) is 10.5. The van der Waals surface area contributed by atoms with Gasteiger partial charge in [-0.15, -0.1) is 11.6 Å². The fourth-order valence-corrected chi connectivity index (χ4v) is 3.00. The molecular weight excluding hydrogens is 345 g/mol. The quantitative estimate of drug-likeness (QED) is 0.654. The zero-order valence-electron chi connectivity index (χ0n) is 10.5. The predicted molar refractivity (Wildman–Crippen MR) is 87.3 cm³/mol. The van der Waals surface area contributed by atoms with Crippen molar-refractivity contribution in [3.8, 4) is 0 Å². The molecule has 19 heavy (non-hydrogen) atoms. The Bertz CT molecular complexity index is 572. The lowest BCUT2D eigenvalue weighted by Gasteiger charge is -2.23. The molecule has 0 amide bonds. The third-order valence-corrected chi connectivity index (χ3v) is 4.40. The molecule has 0 N–H and O–H groups in total. The molecule has 0 unspecified atom stereocenters. The first-order valence-corrected chi connectivity index (χ1v) is 7.62. The van der Waals surface area contributed by atoms with Crippen LogP contribution in [0.5, 0.6) is 0 Å². The monoisotopic (exact) mass is 357 g/mol. The second kappa shape index (κ2) is 6.65. The second-order valence-electron chi connectivity index (χ2n) is 4.32. The highest BCUT2D eigenvalue weighted by molar-refractivity contribution is 9.10. The highest BCUT2D eigenvalue weighted by atomic mass is 79.9. The molecule has 0 aliphatic rings. The van der Waals surface area contributed by atoms with Gasteiger partial charge in [0.05, 0.1) is 5.88 Å². The number of halogens is 3. The van der Waals surface area contributed by atoms with E-state index in [-0.39, 0.29) is 0 Å². The van der Waals surface area contributed by atoms with Gasteiger partial charge < -0.3 is 4.90 Å². The van der Waals surface area contributed by atoms with Crippen LogP contribution in [-0.4, -0.2) is 7.05 Å². The molecule has 0 saturated heterocycles. The summed E-state index contributed by atoms with van der Waals surface area (Å²) >= 11 is 15.8. The van der Waals surface area contributed by atoms with Crippen LogP contribution in [-0.2, 0) is 12.4 Å². The maximum atomic E-state index is 6.19. The third-order valence-electron chi connectivity index (χ3n) is 3.00. The summed E-state index contributed by atoms with van der Waals surface area (Å²) in [5, 5.41) is 0.714. The van der Waals surface area contributed by atoms with Crippen molar-refractivity contribution in [2.75, 3.05) is 11.9 Å². The van der Waals surface area contributed by atoms with Crippen LogP contribution in [0.15, 0.2) is 46.9 Å². The molecule has 0 heterocycles. The molecule has 0 radical (unpaired) electrons. The van der Waals surface area contributed by atoms with E-state index in [4.69, 9.17) is 23.2 Å². The Morgan fingerprint density at radius 3 is 2.53 bits per heavy atom. The van der Waals surface area contributed by atoms with Crippen LogP contribution in [0.4, 0.5) is 5.69 Å². The largest absolute Gasteiger partial charge is 0.370 e. The number of alkyl halides is 1. The molecule has 2 rings (SSSR count). The SMILES string of the molecule is CN(Cc1ccccc1Br)c1cccc(Cl)c1CCl. The average molecular weight is 359 g/mol. The van der Waals surface area contributed by atoms with Crippen molar-refractivity contribution in [1.82, 2.24) is 0 Å². The van der Waals surface area contributed by atoms with Gasteiger partial charge in [-0.05, 0) is 23.8 Å². The van der Waals surface area contributed by atoms with Crippen LogP contribution in [0.25, 0.3) is 0 Å². The van der Waals surface area contributed by atoms with E-state index in [2.05, 4.69) is 26.9 Å². The summed E-state index contributed by atoms with van der Waals surface area (Å²) in [6.07, 6.45) is 0. The number of benzene rings is 2. The van der Waals surface area contributed by atoms with Crippen LogP contribution < -0.4 is 4.90 Å². The van der Waals surface area contributed by atoms with E-state index in [0.29, 0.717) is 10.9 Å². The van der Waals surface area contributed by atoms with Crippen molar-refractivity contribution >= 4 is 44.8 Å². The Hall–Kier alpha value is -0.700. The fraction of sp³-hybridized carbons (Fsp3) is 0.200. The molecule has 0 aliphatic carbocycles. The third kappa shape index (κ3) is 3.44. The van der Waals surface area contributed by atoms with Crippen LogP contribution >= 0.6 is 39.1 Å². The first-order valence-electron chi connectivity index (χ1n) is 5.91. The fourth-order valence-electron chi connectivity index (χ4n) is 2.00. The molecule has 0 bridgehead atoms. The Morgan fingerprint density at radius 2 is 1.84 bits per heavy atom. The van der Waals surface area contributed by atoms with Gasteiger partial charge in [0.15, 0.2) is 0 Å². The standard InChI is InChI=1S/C15H14BrCl2N/c1-19(10-11-5-2-3-6-13(11)16)15-8-4-7-14(18)12(15)9-17/h2-8H,9-10H2,1H3. The Labute approximate surface area is 132 Å². The minimum absolute atomic E-state index is 0.412. The highest BCUT2D eigenvalue weighted by Crippen LogP contribution is 2.30. The van der Waals surface area contributed by atoms with Gasteiger partial charge in [0.1, 0.15) is 0 Å². The van der Waals surface area contributed by atoms with Gasteiger partial charge in [-0.1, -0.05) is 51.8 Å². The van der Waals surface area contributed by atoms with Crippen molar-refractivity contribution in [3.05, 3.63) is 63.1 Å². The van der Waals surface area contributed by atoms with Crippen LogP contribution in [0, 0.1) is 0 Å². The van der Waals surface area contributed by atoms with Crippen LogP contribution in [0.1, 0.15) is 11.1 Å². The van der Waals surface area contributed by atoms with Crippen molar-refractivity contribution in [3.63, 3.8) is 0 Å². The van der Waals surface area contributed by atoms with E-state index in [1.54, 1.807) is 0 Å². The van der Waals surface area contributed by atoms with E-state index >= 15 is 0 Å². The van der Waals surface area contributed by atoms with Crippen LogP contribution in [0.3, 0.4) is 0 Å². The Morgan fingerprint density at radius 1 is 1.11 bits per heavy atom. The summed E-state index contributed by atoms with van der Waals surface area (Å²) in [6, 6.07) is 14.1. The summed E-state index contributed by atoms with van der Waals surface area (Å²) in [4.78, 5) is 2.16. The smallest absolute Gasteiger partial charge is 0.0509 e. The average Bonchev–Trinajstić information content (AvgIpc) is 2.41. The summed E-state index contributed by atoms with van der Waals surface area (Å²) in [6.45, 7) is 0.797. The lowest BCUT2D eigenvalue weighted by Crippen LogP contribution is -2.18. The minimum Gasteiger partial charge on any atom is -0.370 e. The topological polar surface area (TPSA) is 3.24 Å². The molecule has 2 aromatic rings. The van der Waals surface area contributed by atoms with Gasteiger partial charge in [0.25, 0.3) is 0 Å². The van der Waals surface area contributed by atoms with Gasteiger partial charge >= 0.3 is 0 Å². The summed E-state index contributed by atoms with van der Waals surface area (Å²) < 4.78 is 1.11. The Balaban J connectivity index is 2.28. The van der Waals surface area contributed by atoms with Crippen molar-refractivity contribution in [2.24, 2.45) is 0 Å². The lowest BCUT2D eigenvalue weighted by molar-refractivity contribution is 0.911. The molecule has 0 saturated carbocycles. The Kier molecular flexibility index (Phi) is 5.14. The first-order chi connectivity index (χ1) is 9.13. The highest BCUT2D eigenvalue weighted by Gasteiger charge is 2.11. The number of anilines is 1. The van der Waals surface area contributed by atoms with Crippen molar-refractivity contribution in [1.29, 1.82) is 0 Å². The van der Waals surface area contributed by atoms with E-state index in [9.17, 15) is 0 Å². The van der Waals surface area contributed by atoms with E-state index in [1.807, 2.05) is 43.4 Å². The lowest BCUT2D eigenvalue weighted by atomic mass is 10.1. The van der Waals surface area contributed by atoms with Gasteiger partial charge in [0.2, 0.25) is 0 Å². The zero-order chi connectivity index (χ0) is 13.8. The maximum absolute atomic E-state index is 6.19. The summed E-state index contributed by atoms with van der Waals surface area (Å²) in [5.74, 6) is 0.412. The van der Waals surface area contributed by atoms with Gasteiger partial charge in [0, 0.05) is 34.3 Å².